The molecule has 0 bridgehead atoms. The third-order valence-corrected chi connectivity index (χ3v) is 4.79. The number of nitrogens with zero attached hydrogens (tertiary/aromatic N) is 1. The van der Waals surface area contributed by atoms with E-state index in [1.165, 1.54) is 38.6 Å². The molecule has 1 fully saturated rings. The van der Waals surface area contributed by atoms with Crippen molar-refractivity contribution in [3.8, 4) is 0 Å². The van der Waals surface area contributed by atoms with Crippen LogP contribution in [0.15, 0.2) is 0 Å². The number of carboxylic acids is 1. The van der Waals surface area contributed by atoms with Crippen LogP contribution >= 0.6 is 0 Å². The van der Waals surface area contributed by atoms with Crippen molar-refractivity contribution in [2.24, 2.45) is 11.3 Å². The summed E-state index contributed by atoms with van der Waals surface area (Å²) >= 11 is 0. The lowest BCUT2D eigenvalue weighted by atomic mass is 9.78. The molecule has 0 aromatic carbocycles. The van der Waals surface area contributed by atoms with E-state index in [0.717, 1.165) is 19.3 Å². The van der Waals surface area contributed by atoms with Gasteiger partial charge in [-0.2, -0.15) is 0 Å². The van der Waals surface area contributed by atoms with Crippen molar-refractivity contribution in [2.75, 3.05) is 13.6 Å². The Morgan fingerprint density at radius 1 is 1.29 bits per heavy atom. The Morgan fingerprint density at radius 3 is 2.24 bits per heavy atom. The smallest absolute Gasteiger partial charge is 0.329 e. The molecule has 1 aliphatic rings. The Kier molecular flexibility index (Phi) is 5.65. The minimum atomic E-state index is -1.20. The molecule has 0 aliphatic heterocycles. The van der Waals surface area contributed by atoms with E-state index in [0.29, 0.717) is 12.5 Å². The third kappa shape index (κ3) is 4.35. The lowest BCUT2D eigenvalue weighted by molar-refractivity contribution is -0.146. The Bertz CT molecular complexity index is 385. The van der Waals surface area contributed by atoms with Gasteiger partial charge in [-0.15, -0.1) is 0 Å². The van der Waals surface area contributed by atoms with Crippen molar-refractivity contribution in [1.82, 2.24) is 10.2 Å². The minimum Gasteiger partial charge on any atom is -0.480 e. The van der Waals surface area contributed by atoms with E-state index in [9.17, 15) is 14.7 Å². The van der Waals surface area contributed by atoms with E-state index in [-0.39, 0.29) is 11.4 Å². The maximum Gasteiger partial charge on any atom is 0.329 e. The van der Waals surface area contributed by atoms with E-state index in [2.05, 4.69) is 19.2 Å². The van der Waals surface area contributed by atoms with E-state index in [1.54, 1.807) is 0 Å². The average molecular weight is 298 g/mol. The molecule has 0 radical (unpaired) electrons. The van der Waals surface area contributed by atoms with Gasteiger partial charge in [-0.25, -0.2) is 9.59 Å². The van der Waals surface area contributed by atoms with Gasteiger partial charge in [-0.3, -0.25) is 0 Å². The molecule has 2 amide bonds. The van der Waals surface area contributed by atoms with E-state index >= 15 is 0 Å². The van der Waals surface area contributed by atoms with Gasteiger partial charge < -0.3 is 15.3 Å². The van der Waals surface area contributed by atoms with Gasteiger partial charge in [0.25, 0.3) is 0 Å². The number of rotatable bonds is 6. The van der Waals surface area contributed by atoms with Crippen LogP contribution < -0.4 is 5.32 Å². The summed E-state index contributed by atoms with van der Waals surface area (Å²) in [4.78, 5) is 24.7. The number of nitrogens with one attached hydrogen (secondary N) is 1. The summed E-state index contributed by atoms with van der Waals surface area (Å²) in [6.45, 7) is 8.13. The van der Waals surface area contributed by atoms with Crippen LogP contribution in [0.3, 0.4) is 0 Å². The first-order chi connectivity index (χ1) is 9.61. The van der Waals surface area contributed by atoms with Gasteiger partial charge in [-0.05, 0) is 44.4 Å². The lowest BCUT2D eigenvalue weighted by Gasteiger charge is -2.35. The van der Waals surface area contributed by atoms with Crippen LogP contribution in [0.25, 0.3) is 0 Å². The molecule has 0 aromatic heterocycles. The van der Waals surface area contributed by atoms with Crippen LogP contribution in [-0.4, -0.2) is 41.1 Å². The van der Waals surface area contributed by atoms with Crippen LogP contribution in [-0.2, 0) is 4.79 Å². The zero-order valence-electron chi connectivity index (χ0n) is 14.0. The summed E-state index contributed by atoms with van der Waals surface area (Å²) in [5.74, 6) is -0.397. The Labute approximate surface area is 128 Å². The monoisotopic (exact) mass is 298 g/mol. The molecule has 5 nitrogen and oxygen atoms in total. The Morgan fingerprint density at radius 2 is 1.81 bits per heavy atom. The molecule has 0 heterocycles. The molecule has 0 saturated heterocycles. The van der Waals surface area contributed by atoms with E-state index in [4.69, 9.17) is 0 Å². The Balaban J connectivity index is 2.64. The summed E-state index contributed by atoms with van der Waals surface area (Å²) in [5, 5.41) is 12.1. The van der Waals surface area contributed by atoms with Crippen molar-refractivity contribution in [3.05, 3.63) is 0 Å². The topological polar surface area (TPSA) is 69.6 Å². The van der Waals surface area contributed by atoms with Crippen LogP contribution in [0.5, 0.6) is 0 Å². The SMILES string of the molecule is CC(C)CC1(CNC(=O)N(C)C(C)(C)C(=O)O)CCCC1. The second-order valence-electron chi connectivity index (χ2n) is 7.39. The van der Waals surface area contributed by atoms with Crippen LogP contribution in [0.1, 0.15) is 59.8 Å². The van der Waals surface area contributed by atoms with Gasteiger partial charge >= 0.3 is 12.0 Å². The fraction of sp³-hybridized carbons (Fsp3) is 0.875. The zero-order valence-corrected chi connectivity index (χ0v) is 14.0. The number of hydrogen-bond acceptors (Lipinski definition) is 2. The lowest BCUT2D eigenvalue weighted by Crippen LogP contribution is -2.55. The molecule has 122 valence electrons. The van der Waals surface area contributed by atoms with Crippen molar-refractivity contribution in [2.45, 2.75) is 65.3 Å². The molecule has 1 saturated carbocycles. The molecule has 1 rings (SSSR count). The largest absolute Gasteiger partial charge is 0.480 e. The molecule has 0 atom stereocenters. The minimum absolute atomic E-state index is 0.192. The van der Waals surface area contributed by atoms with E-state index < -0.39 is 11.5 Å². The highest BCUT2D eigenvalue weighted by molar-refractivity contribution is 5.85. The van der Waals surface area contributed by atoms with Crippen molar-refractivity contribution in [1.29, 1.82) is 0 Å². The Hall–Kier alpha value is -1.26. The molecule has 2 N–H and O–H groups in total. The molecule has 0 spiro atoms. The maximum atomic E-state index is 12.2. The molecule has 5 heteroatoms. The average Bonchev–Trinajstić information content (AvgIpc) is 2.82. The van der Waals surface area contributed by atoms with Crippen molar-refractivity contribution >= 4 is 12.0 Å². The molecule has 0 aromatic rings. The van der Waals surface area contributed by atoms with Crippen LogP contribution in [0.2, 0.25) is 0 Å². The van der Waals surface area contributed by atoms with Crippen LogP contribution in [0, 0.1) is 11.3 Å². The predicted molar refractivity (Wildman–Crippen MR) is 83.2 cm³/mol. The predicted octanol–water partition coefficient (Wildman–Crippen LogP) is 3.10. The van der Waals surface area contributed by atoms with Gasteiger partial charge in [0.1, 0.15) is 5.54 Å². The van der Waals surface area contributed by atoms with Gasteiger partial charge in [-0.1, -0.05) is 26.7 Å². The molecule has 0 unspecified atom stereocenters. The zero-order chi connectivity index (χ0) is 16.3. The van der Waals surface area contributed by atoms with Gasteiger partial charge in [0.2, 0.25) is 0 Å². The van der Waals surface area contributed by atoms with Gasteiger partial charge in [0.15, 0.2) is 0 Å². The number of carbonyl (C=O) groups excluding carboxylic acids is 1. The number of carbonyl (C=O) groups is 2. The van der Waals surface area contributed by atoms with E-state index in [1.807, 2.05) is 0 Å². The number of amides is 2. The summed E-state index contributed by atoms with van der Waals surface area (Å²) in [6, 6.07) is -0.308. The molecular formula is C16H30N2O3. The number of carboxylic acid groups (broad SMARTS) is 1. The summed E-state index contributed by atoms with van der Waals surface area (Å²) in [5.41, 5.74) is -1.01. The van der Waals surface area contributed by atoms with Gasteiger partial charge in [0.05, 0.1) is 0 Å². The first-order valence-electron chi connectivity index (χ1n) is 7.86. The highest BCUT2D eigenvalue weighted by Gasteiger charge is 2.38. The number of likely N-dealkylation sites (N-methyl/N-ethyl adjacent to an activating group) is 1. The fourth-order valence-electron chi connectivity index (χ4n) is 3.22. The fourth-order valence-corrected chi connectivity index (χ4v) is 3.22. The normalized spacial score (nSPS) is 17.8. The first-order valence-corrected chi connectivity index (χ1v) is 7.86. The maximum absolute atomic E-state index is 12.2. The van der Waals surface area contributed by atoms with Crippen molar-refractivity contribution < 1.29 is 14.7 Å². The highest BCUT2D eigenvalue weighted by atomic mass is 16.4. The number of hydrogen-bond donors (Lipinski definition) is 2. The number of aliphatic carboxylic acids is 1. The summed E-state index contributed by atoms with van der Waals surface area (Å²) < 4.78 is 0. The molecule has 1 aliphatic carbocycles. The quantitative estimate of drug-likeness (QED) is 0.791. The second kappa shape index (κ2) is 6.67. The summed E-state index contributed by atoms with van der Waals surface area (Å²) in [7, 11) is 1.53. The second-order valence-corrected chi connectivity index (χ2v) is 7.39. The third-order valence-electron chi connectivity index (χ3n) is 4.79. The highest BCUT2D eigenvalue weighted by Crippen LogP contribution is 2.42. The number of urea groups is 1. The molecule has 21 heavy (non-hydrogen) atoms. The van der Waals surface area contributed by atoms with Crippen LogP contribution in [0.4, 0.5) is 4.79 Å². The standard InChI is InChI=1S/C16H30N2O3/c1-12(2)10-16(8-6-7-9-16)11-17-14(21)18(5)15(3,4)13(19)20/h12H,6-11H2,1-5H3,(H,17,21)(H,19,20). The first kappa shape index (κ1) is 17.8. The van der Waals surface area contributed by atoms with Crippen molar-refractivity contribution in [3.63, 3.8) is 0 Å². The van der Waals surface area contributed by atoms with Gasteiger partial charge in [0, 0.05) is 13.6 Å². The summed E-state index contributed by atoms with van der Waals surface area (Å²) in [6.07, 6.45) is 5.85. The molecular weight excluding hydrogens is 268 g/mol.